The fourth-order valence-electron chi connectivity index (χ4n) is 6.06. The van der Waals surface area contributed by atoms with Gasteiger partial charge in [-0.05, 0) is 82.5 Å². The smallest absolute Gasteiger partial charge is 0.334 e. The van der Waals surface area contributed by atoms with Gasteiger partial charge in [0.2, 0.25) is 0 Å². The number of hydrogen-bond acceptors (Lipinski definition) is 7. The molecule has 1 amide bonds. The Kier molecular flexibility index (Phi) is 9.88. The number of benzene rings is 1. The van der Waals surface area contributed by atoms with Gasteiger partial charge in [0.05, 0.1) is 12.1 Å². The Balaban J connectivity index is 1.30. The minimum Gasteiger partial charge on any atom is -0.481 e. The Bertz CT molecular complexity index is 1200. The molecule has 3 aliphatic heterocycles. The van der Waals surface area contributed by atoms with Crippen LogP contribution in [0.2, 0.25) is 0 Å². The molecule has 3 aliphatic rings. The Hall–Kier alpha value is -3.35. The number of rotatable bonds is 7. The molecule has 5 N–H and O–H groups in total. The molecule has 40 heavy (non-hydrogen) atoms. The van der Waals surface area contributed by atoms with Crippen molar-refractivity contribution in [1.82, 2.24) is 20.7 Å². The minimum absolute atomic E-state index is 0.0527. The van der Waals surface area contributed by atoms with E-state index in [4.69, 9.17) is 12.2 Å². The maximum Gasteiger partial charge on any atom is 0.334 e. The van der Waals surface area contributed by atoms with Gasteiger partial charge in [-0.1, -0.05) is 18.6 Å². The number of piperidine rings is 2. The molecule has 1 aromatic rings. The van der Waals surface area contributed by atoms with Crippen LogP contribution in [0.3, 0.4) is 0 Å². The molecule has 2 fully saturated rings. The van der Waals surface area contributed by atoms with Crippen LogP contribution in [0.15, 0.2) is 40.5 Å². The van der Waals surface area contributed by atoms with Crippen molar-refractivity contribution in [1.29, 1.82) is 0 Å². The van der Waals surface area contributed by atoms with E-state index in [1.165, 1.54) is 32.4 Å². The second-order valence-corrected chi connectivity index (χ2v) is 11.1. The van der Waals surface area contributed by atoms with Gasteiger partial charge in [0, 0.05) is 42.1 Å². The van der Waals surface area contributed by atoms with Crippen LogP contribution in [0.4, 0.5) is 5.69 Å². The van der Waals surface area contributed by atoms with Crippen LogP contribution in [0, 0.1) is 5.92 Å². The Labute approximate surface area is 239 Å². The number of aliphatic imine (C=N–C) groups is 1. The van der Waals surface area contributed by atoms with Crippen molar-refractivity contribution in [2.24, 2.45) is 10.9 Å². The minimum atomic E-state index is -1.21. The summed E-state index contributed by atoms with van der Waals surface area (Å²) in [6.07, 6.45) is 6.04. The molecule has 0 bridgehead atoms. The molecule has 12 heteroatoms. The number of hydrogen-bond donors (Lipinski definition) is 5. The number of anilines is 1. The molecule has 2 unspecified atom stereocenters. The van der Waals surface area contributed by atoms with Crippen molar-refractivity contribution >= 4 is 46.6 Å². The van der Waals surface area contributed by atoms with E-state index in [2.05, 4.69) is 31.0 Å². The van der Waals surface area contributed by atoms with Gasteiger partial charge in [0.25, 0.3) is 5.91 Å². The highest BCUT2D eigenvalue weighted by Crippen LogP contribution is 2.39. The zero-order valence-corrected chi connectivity index (χ0v) is 23.8. The number of aliphatic carboxylic acids is 2. The first-order valence-electron chi connectivity index (χ1n) is 13.8. The zero-order chi connectivity index (χ0) is 28.8. The van der Waals surface area contributed by atoms with Crippen LogP contribution in [0.25, 0.3) is 0 Å². The van der Waals surface area contributed by atoms with Gasteiger partial charge in [-0.3, -0.25) is 30.3 Å². The number of likely N-dealkylation sites (tertiary alicyclic amines) is 2. The number of amides is 1. The van der Waals surface area contributed by atoms with Gasteiger partial charge >= 0.3 is 11.9 Å². The van der Waals surface area contributed by atoms with Crippen LogP contribution < -0.4 is 16.2 Å². The topological polar surface area (TPSA) is 147 Å². The first-order chi connectivity index (χ1) is 19.1. The molecular weight excluding hydrogens is 532 g/mol. The largest absolute Gasteiger partial charge is 0.481 e. The summed E-state index contributed by atoms with van der Waals surface area (Å²) in [4.78, 5) is 45.6. The molecule has 0 radical (unpaired) electrons. The van der Waals surface area contributed by atoms with Crippen LogP contribution in [0.1, 0.15) is 57.4 Å². The van der Waals surface area contributed by atoms with Crippen LogP contribution in [0.5, 0.6) is 0 Å². The van der Waals surface area contributed by atoms with E-state index >= 15 is 0 Å². The standard InChI is InChI=1S/C28H38N6O5S/c1-17-23(26(36)37)25(24(27(38)39)18(2)29-17)19-7-6-8-20(15-19)30-28(40)32-31-22(35)16-33-13-9-21(10-14-33)34-11-4-3-5-12-34/h6-8,15,21,23,25H,3-5,9-14,16H2,1-2H3,(H,31,35)(H,36,37)(H,38,39)(H2,30,32,40). The maximum absolute atomic E-state index is 12.5. The predicted octanol–water partition coefficient (Wildman–Crippen LogP) is 2.57. The van der Waals surface area contributed by atoms with Gasteiger partial charge in [-0.15, -0.1) is 0 Å². The van der Waals surface area contributed by atoms with Crippen molar-refractivity contribution in [3.8, 4) is 0 Å². The van der Waals surface area contributed by atoms with Crippen molar-refractivity contribution in [3.63, 3.8) is 0 Å². The summed E-state index contributed by atoms with van der Waals surface area (Å²) in [7, 11) is 0. The van der Waals surface area contributed by atoms with Crippen molar-refractivity contribution in [3.05, 3.63) is 41.1 Å². The Morgan fingerprint density at radius 2 is 1.73 bits per heavy atom. The first kappa shape index (κ1) is 29.6. The highest BCUT2D eigenvalue weighted by molar-refractivity contribution is 7.80. The van der Waals surface area contributed by atoms with Gasteiger partial charge in [-0.2, -0.15) is 0 Å². The lowest BCUT2D eigenvalue weighted by Gasteiger charge is -2.40. The number of carbonyl (C=O) groups is 3. The number of hydrazine groups is 1. The van der Waals surface area contributed by atoms with Crippen molar-refractivity contribution in [2.75, 3.05) is 38.0 Å². The number of nitrogens with one attached hydrogen (secondary N) is 3. The molecule has 4 rings (SSSR count). The molecule has 2 saturated heterocycles. The van der Waals surface area contributed by atoms with E-state index < -0.39 is 23.8 Å². The summed E-state index contributed by atoms with van der Waals surface area (Å²) in [5, 5.41) is 22.8. The van der Waals surface area contributed by atoms with Crippen LogP contribution >= 0.6 is 12.2 Å². The number of carboxylic acids is 2. The van der Waals surface area contributed by atoms with Crippen LogP contribution in [-0.2, 0) is 14.4 Å². The van der Waals surface area contributed by atoms with E-state index in [0.29, 0.717) is 23.0 Å². The van der Waals surface area contributed by atoms with Gasteiger partial charge in [-0.25, -0.2) is 4.79 Å². The number of carboxylic acid groups (broad SMARTS) is 2. The van der Waals surface area contributed by atoms with Gasteiger partial charge in [0.1, 0.15) is 5.92 Å². The molecule has 0 aromatic heterocycles. The highest BCUT2D eigenvalue weighted by atomic mass is 32.1. The van der Waals surface area contributed by atoms with Crippen LogP contribution in [-0.4, -0.2) is 87.4 Å². The average molecular weight is 571 g/mol. The summed E-state index contributed by atoms with van der Waals surface area (Å²) >= 11 is 5.34. The SMILES string of the molecule is CC1=NC(C)=C(C(=O)O)C(c2cccc(NC(=S)NNC(=O)CN3CCC(N4CCCCC4)CC3)c2)C1C(=O)O. The summed E-state index contributed by atoms with van der Waals surface area (Å²) in [6.45, 7) is 7.59. The summed E-state index contributed by atoms with van der Waals surface area (Å²) in [5.41, 5.74) is 6.95. The lowest BCUT2D eigenvalue weighted by Crippen LogP contribution is -2.51. The van der Waals surface area contributed by atoms with E-state index in [1.807, 2.05) is 0 Å². The summed E-state index contributed by atoms with van der Waals surface area (Å²) in [6, 6.07) is 7.39. The summed E-state index contributed by atoms with van der Waals surface area (Å²) < 4.78 is 0. The van der Waals surface area contributed by atoms with E-state index in [0.717, 1.165) is 25.9 Å². The molecule has 0 spiro atoms. The normalized spacial score (nSPS) is 22.8. The molecule has 11 nitrogen and oxygen atoms in total. The first-order valence-corrected chi connectivity index (χ1v) is 14.2. The second-order valence-electron chi connectivity index (χ2n) is 10.7. The molecular formula is C28H38N6O5S. The summed E-state index contributed by atoms with van der Waals surface area (Å²) in [5.74, 6) is -4.58. The highest BCUT2D eigenvalue weighted by Gasteiger charge is 2.41. The van der Waals surface area contributed by atoms with E-state index in [-0.39, 0.29) is 28.8 Å². The number of allylic oxidation sites excluding steroid dienone is 1. The predicted molar refractivity (Wildman–Crippen MR) is 156 cm³/mol. The number of thiocarbonyl (C=S) groups is 1. The zero-order valence-electron chi connectivity index (χ0n) is 23.0. The molecule has 0 saturated carbocycles. The van der Waals surface area contributed by atoms with Crippen molar-refractivity contribution in [2.45, 2.75) is 57.9 Å². The maximum atomic E-state index is 12.5. The van der Waals surface area contributed by atoms with E-state index in [9.17, 15) is 24.6 Å². The third-order valence-electron chi connectivity index (χ3n) is 7.98. The number of nitrogens with zero attached hydrogens (tertiary/aromatic N) is 3. The van der Waals surface area contributed by atoms with Gasteiger partial charge < -0.3 is 20.4 Å². The molecule has 2 atom stereocenters. The molecule has 3 heterocycles. The fraction of sp³-hybridized carbons (Fsp3) is 0.536. The van der Waals surface area contributed by atoms with Crippen molar-refractivity contribution < 1.29 is 24.6 Å². The van der Waals surface area contributed by atoms with Gasteiger partial charge in [0.15, 0.2) is 5.11 Å². The third-order valence-corrected chi connectivity index (χ3v) is 8.18. The lowest BCUT2D eigenvalue weighted by atomic mass is 9.75. The molecule has 216 valence electrons. The molecule has 1 aromatic carbocycles. The quantitative estimate of drug-likeness (QED) is 0.245. The number of carbonyl (C=O) groups excluding carboxylic acids is 1. The average Bonchev–Trinajstić information content (AvgIpc) is 2.92. The molecule has 0 aliphatic carbocycles. The second kappa shape index (κ2) is 13.3. The monoisotopic (exact) mass is 570 g/mol. The Morgan fingerprint density at radius 3 is 2.38 bits per heavy atom. The Morgan fingerprint density at radius 1 is 1.02 bits per heavy atom. The third kappa shape index (κ3) is 7.23. The fourth-order valence-corrected chi connectivity index (χ4v) is 6.23. The lowest BCUT2D eigenvalue weighted by molar-refractivity contribution is -0.140. The van der Waals surface area contributed by atoms with E-state index in [1.54, 1.807) is 38.1 Å².